The van der Waals surface area contributed by atoms with E-state index in [1.165, 1.54) is 7.11 Å². The third kappa shape index (κ3) is 2.66. The number of rotatable bonds is 5. The zero-order valence-electron chi connectivity index (χ0n) is 12.0. The van der Waals surface area contributed by atoms with Crippen LogP contribution in [0, 0.1) is 6.92 Å². The lowest BCUT2D eigenvalue weighted by molar-refractivity contribution is -0.111. The molecule has 0 fully saturated rings. The molecule has 0 radical (unpaired) electrons. The van der Waals surface area contributed by atoms with E-state index in [0.717, 1.165) is 16.5 Å². The molecule has 0 saturated carbocycles. The largest absolute Gasteiger partial charge is 0.465 e. The van der Waals surface area contributed by atoms with Crippen LogP contribution in [0.3, 0.4) is 0 Å². The van der Waals surface area contributed by atoms with Crippen LogP contribution < -0.4 is 0 Å². The second-order valence-corrected chi connectivity index (χ2v) is 4.47. The summed E-state index contributed by atoms with van der Waals surface area (Å²) in [6, 6.07) is 3.76. The normalized spacial score (nSPS) is 11.2. The van der Waals surface area contributed by atoms with Gasteiger partial charge in [-0.1, -0.05) is 0 Å². The predicted octanol–water partition coefficient (Wildman–Crippen LogP) is 1.75. The number of carbonyl (C=O) groups excluding carboxylic acids is 1. The molecule has 0 bridgehead atoms. The molecule has 0 aliphatic rings. The van der Waals surface area contributed by atoms with Gasteiger partial charge >= 0.3 is 5.97 Å². The fraction of sp³-hybridized carbons (Fsp3) is 0.429. The minimum Gasteiger partial charge on any atom is -0.465 e. The van der Waals surface area contributed by atoms with Crippen LogP contribution in [0.2, 0.25) is 0 Å². The topological polar surface area (TPSA) is 62.6 Å². The molecule has 6 heteroatoms. The lowest BCUT2D eigenvalue weighted by atomic mass is 10.1. The zero-order valence-corrected chi connectivity index (χ0v) is 12.0. The Bertz CT molecular complexity index is 617. The highest BCUT2D eigenvalue weighted by atomic mass is 16.7. The van der Waals surface area contributed by atoms with E-state index in [2.05, 4.69) is 5.10 Å². The number of ether oxygens (including phenoxy) is 3. The standard InChI is InChI=1S/C14H18N2O4/c1-9-5-10-7-15-16(8-12(18-2)19-3)13(10)11(6-9)14(17)20-4/h5-7,12H,8H2,1-4H3. The second-order valence-electron chi connectivity index (χ2n) is 4.47. The van der Waals surface area contributed by atoms with Crippen molar-refractivity contribution in [3.05, 3.63) is 29.5 Å². The van der Waals surface area contributed by atoms with Gasteiger partial charge in [-0.25, -0.2) is 4.79 Å². The van der Waals surface area contributed by atoms with Gasteiger partial charge in [0.2, 0.25) is 0 Å². The van der Waals surface area contributed by atoms with E-state index < -0.39 is 6.29 Å². The van der Waals surface area contributed by atoms with Gasteiger partial charge in [-0.05, 0) is 24.6 Å². The lowest BCUT2D eigenvalue weighted by Crippen LogP contribution is -2.21. The van der Waals surface area contributed by atoms with E-state index >= 15 is 0 Å². The highest BCUT2D eigenvalue weighted by Crippen LogP contribution is 2.22. The number of hydrogen-bond acceptors (Lipinski definition) is 5. The van der Waals surface area contributed by atoms with Crippen LogP contribution in [-0.4, -0.2) is 43.4 Å². The summed E-state index contributed by atoms with van der Waals surface area (Å²) in [5.41, 5.74) is 2.19. The Labute approximate surface area is 117 Å². The number of hydrogen-bond donors (Lipinski definition) is 0. The summed E-state index contributed by atoms with van der Waals surface area (Å²) in [6.45, 7) is 2.32. The van der Waals surface area contributed by atoms with Crippen LogP contribution in [0.1, 0.15) is 15.9 Å². The van der Waals surface area contributed by atoms with Crippen LogP contribution in [0.5, 0.6) is 0 Å². The van der Waals surface area contributed by atoms with Crippen molar-refractivity contribution in [3.8, 4) is 0 Å². The number of benzene rings is 1. The second kappa shape index (κ2) is 6.02. The molecule has 0 aliphatic carbocycles. The predicted molar refractivity (Wildman–Crippen MR) is 73.6 cm³/mol. The first kappa shape index (κ1) is 14.5. The van der Waals surface area contributed by atoms with Crippen LogP contribution >= 0.6 is 0 Å². The Morgan fingerprint density at radius 3 is 2.60 bits per heavy atom. The van der Waals surface area contributed by atoms with Crippen LogP contribution in [-0.2, 0) is 20.8 Å². The molecule has 1 heterocycles. The molecular weight excluding hydrogens is 260 g/mol. The van der Waals surface area contributed by atoms with Crippen molar-refractivity contribution >= 4 is 16.9 Å². The summed E-state index contributed by atoms with van der Waals surface area (Å²) in [6.07, 6.45) is 1.29. The first-order valence-corrected chi connectivity index (χ1v) is 6.20. The summed E-state index contributed by atoms with van der Waals surface area (Å²) in [5.74, 6) is -0.383. The van der Waals surface area contributed by atoms with Gasteiger partial charge in [0, 0.05) is 19.6 Å². The smallest absolute Gasteiger partial charge is 0.340 e. The number of esters is 1. The van der Waals surface area contributed by atoms with Gasteiger partial charge in [-0.2, -0.15) is 5.10 Å². The van der Waals surface area contributed by atoms with E-state index in [-0.39, 0.29) is 5.97 Å². The number of carbonyl (C=O) groups is 1. The molecule has 0 aliphatic heterocycles. The fourth-order valence-corrected chi connectivity index (χ4v) is 2.17. The first-order valence-electron chi connectivity index (χ1n) is 6.20. The third-order valence-electron chi connectivity index (χ3n) is 3.13. The van der Waals surface area contributed by atoms with E-state index in [1.54, 1.807) is 31.2 Å². The molecule has 0 unspecified atom stereocenters. The van der Waals surface area contributed by atoms with Gasteiger partial charge in [0.05, 0.1) is 30.9 Å². The van der Waals surface area contributed by atoms with Gasteiger partial charge in [-0.3, -0.25) is 4.68 Å². The molecule has 0 amide bonds. The minimum absolute atomic E-state index is 0.383. The van der Waals surface area contributed by atoms with Gasteiger partial charge < -0.3 is 14.2 Å². The molecule has 0 N–H and O–H groups in total. The van der Waals surface area contributed by atoms with Gasteiger partial charge in [-0.15, -0.1) is 0 Å². The average Bonchev–Trinajstić information content (AvgIpc) is 2.85. The van der Waals surface area contributed by atoms with Crippen molar-refractivity contribution < 1.29 is 19.0 Å². The maximum absolute atomic E-state index is 11.9. The zero-order chi connectivity index (χ0) is 14.7. The maximum atomic E-state index is 11.9. The quantitative estimate of drug-likeness (QED) is 0.616. The third-order valence-corrected chi connectivity index (χ3v) is 3.13. The molecule has 1 aromatic heterocycles. The molecule has 0 spiro atoms. The number of aryl methyl sites for hydroxylation is 1. The summed E-state index contributed by atoms with van der Waals surface area (Å²) in [4.78, 5) is 11.9. The number of aromatic nitrogens is 2. The summed E-state index contributed by atoms with van der Waals surface area (Å²) < 4.78 is 16.9. The van der Waals surface area contributed by atoms with Crippen molar-refractivity contribution in [2.24, 2.45) is 0 Å². The van der Waals surface area contributed by atoms with Gasteiger partial charge in [0.25, 0.3) is 0 Å². The number of fused-ring (bicyclic) bond motifs is 1. The highest BCUT2D eigenvalue weighted by molar-refractivity contribution is 6.03. The Hall–Kier alpha value is -1.92. The van der Waals surface area contributed by atoms with Crippen LogP contribution in [0.25, 0.3) is 10.9 Å². The summed E-state index contributed by atoms with van der Waals surface area (Å²) >= 11 is 0. The lowest BCUT2D eigenvalue weighted by Gasteiger charge is -2.15. The SMILES string of the molecule is COC(=O)c1cc(C)cc2cnn(CC(OC)OC)c12. The molecule has 108 valence electrons. The van der Waals surface area contributed by atoms with E-state index in [0.29, 0.717) is 12.1 Å². The molecule has 2 aromatic rings. The van der Waals surface area contributed by atoms with E-state index in [4.69, 9.17) is 14.2 Å². The molecule has 1 aromatic carbocycles. The van der Waals surface area contributed by atoms with Crippen LogP contribution in [0.4, 0.5) is 0 Å². The molecule has 20 heavy (non-hydrogen) atoms. The van der Waals surface area contributed by atoms with Crippen LogP contribution in [0.15, 0.2) is 18.3 Å². The summed E-state index contributed by atoms with van der Waals surface area (Å²) in [7, 11) is 4.49. The monoisotopic (exact) mass is 278 g/mol. The molecule has 0 atom stereocenters. The molecule has 2 rings (SSSR count). The van der Waals surface area contributed by atoms with Crippen molar-refractivity contribution in [2.45, 2.75) is 19.8 Å². The number of nitrogens with zero attached hydrogens (tertiary/aromatic N) is 2. The molecular formula is C14H18N2O4. The number of methoxy groups -OCH3 is 3. The maximum Gasteiger partial charge on any atom is 0.340 e. The fourth-order valence-electron chi connectivity index (χ4n) is 2.17. The molecule has 6 nitrogen and oxygen atoms in total. The Kier molecular flexibility index (Phi) is 4.36. The van der Waals surface area contributed by atoms with Crippen molar-refractivity contribution in [2.75, 3.05) is 21.3 Å². The first-order chi connectivity index (χ1) is 9.60. The van der Waals surface area contributed by atoms with Gasteiger partial charge in [0.1, 0.15) is 0 Å². The van der Waals surface area contributed by atoms with Gasteiger partial charge in [0.15, 0.2) is 6.29 Å². The Balaban J connectivity index is 2.54. The van der Waals surface area contributed by atoms with E-state index in [9.17, 15) is 4.79 Å². The van der Waals surface area contributed by atoms with Crippen molar-refractivity contribution in [1.82, 2.24) is 9.78 Å². The molecule has 0 saturated heterocycles. The highest BCUT2D eigenvalue weighted by Gasteiger charge is 2.18. The van der Waals surface area contributed by atoms with Crippen molar-refractivity contribution in [3.63, 3.8) is 0 Å². The van der Waals surface area contributed by atoms with E-state index in [1.807, 2.05) is 13.0 Å². The average molecular weight is 278 g/mol. The summed E-state index contributed by atoms with van der Waals surface area (Å²) in [5, 5.41) is 5.18. The Morgan fingerprint density at radius 1 is 1.30 bits per heavy atom. The Morgan fingerprint density at radius 2 is 2.00 bits per heavy atom. The minimum atomic E-state index is -0.426. The van der Waals surface area contributed by atoms with Crippen molar-refractivity contribution in [1.29, 1.82) is 0 Å².